The van der Waals surface area contributed by atoms with Crippen LogP contribution in [0.1, 0.15) is 39.4 Å². The number of amides is 3. The molecule has 3 aliphatic heterocycles. The van der Waals surface area contributed by atoms with Gasteiger partial charge in [0, 0.05) is 164 Å². The van der Waals surface area contributed by atoms with Crippen LogP contribution in [0.25, 0.3) is 21.8 Å². The molecule has 2 unspecified atom stereocenters. The lowest BCUT2D eigenvalue weighted by atomic mass is 10.1. The second-order valence-electron chi connectivity index (χ2n) is 25.1. The van der Waals surface area contributed by atoms with Gasteiger partial charge in [-0.25, -0.2) is 44.6 Å². The van der Waals surface area contributed by atoms with Crippen molar-refractivity contribution in [3.8, 4) is 11.5 Å². The van der Waals surface area contributed by atoms with Crippen molar-refractivity contribution >= 4 is 159 Å². The molecule has 8 heterocycles. The summed E-state index contributed by atoms with van der Waals surface area (Å²) in [4.78, 5) is 63.7. The molecule has 3 aliphatic rings. The van der Waals surface area contributed by atoms with Crippen LogP contribution >= 0.6 is 57.2 Å². The molecular weight excluding hydrogens is 1520 g/mol. The van der Waals surface area contributed by atoms with Crippen molar-refractivity contribution < 1.29 is 59.2 Å². The van der Waals surface area contributed by atoms with Gasteiger partial charge in [0.1, 0.15) is 34.9 Å². The lowest BCUT2D eigenvalue weighted by Crippen LogP contribution is -2.56. The number of rotatable bonds is 20. The molecule has 564 valence electrons. The number of carbonyl (C=O) groups excluding carboxylic acids is 3. The van der Waals surface area contributed by atoms with Gasteiger partial charge in [-0.15, -0.1) is 34.0 Å². The molecule has 3 saturated heterocycles. The van der Waals surface area contributed by atoms with Gasteiger partial charge in [0.25, 0.3) is 36.0 Å². The molecule has 14 rings (SSSR count). The summed E-state index contributed by atoms with van der Waals surface area (Å²) in [6, 6.07) is 39.1. The molecule has 5 aromatic heterocycles. The Bertz CT molecular complexity index is 5260. The van der Waals surface area contributed by atoms with Crippen molar-refractivity contribution in [2.75, 3.05) is 101 Å². The highest BCUT2D eigenvalue weighted by atomic mass is 35.5. The summed E-state index contributed by atoms with van der Waals surface area (Å²) in [5.74, 6) is 0.782. The highest BCUT2D eigenvalue weighted by Crippen LogP contribution is 2.34. The fourth-order valence-electron chi connectivity index (χ4n) is 12.7. The van der Waals surface area contributed by atoms with Crippen LogP contribution in [-0.2, 0) is 51.0 Å². The van der Waals surface area contributed by atoms with Crippen molar-refractivity contribution in [1.82, 2.24) is 38.8 Å². The molecule has 4 atom stereocenters. The van der Waals surface area contributed by atoms with Gasteiger partial charge in [0.15, 0.2) is 21.5 Å². The molecule has 0 radical (unpaired) electrons. The molecule has 11 aromatic rings. The van der Waals surface area contributed by atoms with Gasteiger partial charge in [-0.2, -0.15) is 0 Å². The number of hydrogen-bond acceptors (Lipinski definition) is 20. The first-order chi connectivity index (χ1) is 50.8. The lowest BCUT2D eigenvalue weighted by Gasteiger charge is -2.41. The molecule has 25 nitrogen and oxygen atoms in total. The fourth-order valence-corrected chi connectivity index (χ4v) is 18.4. The van der Waals surface area contributed by atoms with Crippen LogP contribution in [0.4, 0.5) is 36.8 Å². The number of methoxy groups -OCH3 is 1. The van der Waals surface area contributed by atoms with Crippen molar-refractivity contribution in [2.45, 2.75) is 73.2 Å². The summed E-state index contributed by atoms with van der Waals surface area (Å²) < 4.78 is 112. The standard InChI is InChI=1S/C25H27N5O4S2.C24H24FN5O3S2.C23H24Cl2N4O4S2.4H2/c1-18-16-28(20-3-6-22(7-4-20)36(32,33)27-25-26-10-14-35-25)12-13-30(18)24(31)17-29-11-9-19-15-21(34-2)5-8-23(19)29;1-17(30-11-9-20-21(25)3-2-4-22(20)30)23(31)29-14-12-28(13-15-29)18-5-7-19(8-6-18)35(32,33)27-24-26-10-16-34-24;1-15-14-28(17-6-8-18(9-7-17)35(31,32)27-23-26-10-13-34-23)11-12-29(15)22(30)16(2)33-20-5-3-4-19(24)21(20)25;;;;/h3-11,14-15,18H,12-13,16-17H2,1-2H3,(H,26,27);2-11,16-17H,12-15H2,1H3,(H,26,27);3-10,13,15-16H,11-12,14H2,1-2H3,(H,26,27);4*1H/t;17-;15-,16?;;;;/m.01..../s1. The maximum Gasteiger partial charge on any atom is 0.263 e. The first-order valence-corrected chi connectivity index (χ1v) is 41.4. The van der Waals surface area contributed by atoms with Crippen LogP contribution in [-0.4, -0.2) is 173 Å². The topological polar surface area (TPSA) is 276 Å². The normalized spacial score (nSPS) is 16.3. The first kappa shape index (κ1) is 76.1. The number of fused-ring (bicyclic) bond motifs is 2. The molecule has 0 saturated carbocycles. The summed E-state index contributed by atoms with van der Waals surface area (Å²) in [7, 11) is -9.46. The molecule has 3 amide bonds. The highest BCUT2D eigenvalue weighted by molar-refractivity contribution is 7.93. The predicted octanol–water partition coefficient (Wildman–Crippen LogP) is 13.3. The highest BCUT2D eigenvalue weighted by Gasteiger charge is 2.34. The summed E-state index contributed by atoms with van der Waals surface area (Å²) in [5.41, 5.74) is 4.39. The van der Waals surface area contributed by atoms with E-state index in [4.69, 9.17) is 32.7 Å². The molecular formula is C72H83Cl2FN14O11S6. The number of aromatic nitrogens is 5. The Hall–Kier alpha value is -9.54. The minimum atomic E-state index is -3.71. The minimum absolute atomic E-state index is 0. The zero-order valence-electron chi connectivity index (χ0n) is 58.0. The van der Waals surface area contributed by atoms with E-state index in [9.17, 15) is 44.0 Å². The summed E-state index contributed by atoms with van der Waals surface area (Å²) in [5, 5.41) is 8.27. The van der Waals surface area contributed by atoms with Crippen LogP contribution < -0.4 is 38.3 Å². The summed E-state index contributed by atoms with van der Waals surface area (Å²) in [6.45, 7) is 13.8. The third-order valence-electron chi connectivity index (χ3n) is 18.3. The molecule has 6 aromatic carbocycles. The average molecular weight is 1600 g/mol. The maximum absolute atomic E-state index is 14.0. The van der Waals surface area contributed by atoms with Crippen molar-refractivity contribution in [3.63, 3.8) is 0 Å². The quantitative estimate of drug-likeness (QED) is 0.0639. The number of halogens is 3. The lowest BCUT2D eigenvalue weighted by molar-refractivity contribution is -0.140. The van der Waals surface area contributed by atoms with Crippen LogP contribution in [0.3, 0.4) is 0 Å². The van der Waals surface area contributed by atoms with Gasteiger partial charge >= 0.3 is 0 Å². The van der Waals surface area contributed by atoms with Gasteiger partial charge < -0.3 is 48.0 Å². The number of nitrogens with one attached hydrogen (secondary N) is 3. The molecule has 0 aliphatic carbocycles. The van der Waals surface area contributed by atoms with E-state index in [1.165, 1.54) is 52.5 Å². The molecule has 0 spiro atoms. The van der Waals surface area contributed by atoms with Crippen molar-refractivity contribution in [2.24, 2.45) is 0 Å². The van der Waals surface area contributed by atoms with E-state index in [1.54, 1.807) is 151 Å². The van der Waals surface area contributed by atoms with E-state index in [0.717, 1.165) is 33.7 Å². The zero-order chi connectivity index (χ0) is 75.0. The third-order valence-corrected chi connectivity index (χ3v) is 25.6. The molecule has 3 N–H and O–H groups in total. The van der Waals surface area contributed by atoms with Gasteiger partial charge in [-0.1, -0.05) is 35.3 Å². The number of anilines is 6. The molecule has 106 heavy (non-hydrogen) atoms. The second-order valence-corrected chi connectivity index (χ2v) is 33.6. The Morgan fingerprint density at radius 3 is 1.56 bits per heavy atom. The van der Waals surface area contributed by atoms with E-state index in [0.29, 0.717) is 103 Å². The SMILES string of the molecule is CC(Oc1cccc(Cl)c1Cl)C(=O)N1CCN(c2ccc(S(=O)(=O)Nc3nccs3)cc2)C[C@H]1C.COc1ccc2c(ccn2CC(=O)N2CCN(c3ccc(S(=O)(=O)Nc4nccs4)cc3)CC2C)c1.C[C@@H](C(=O)N1CCN(c2ccc(S(=O)(=O)Nc3nccs3)cc2)CC1)n1ccc2c(F)cccc21.[HH].[HH].[HH].[HH]. The van der Waals surface area contributed by atoms with E-state index >= 15 is 0 Å². The predicted molar refractivity (Wildman–Crippen MR) is 424 cm³/mol. The van der Waals surface area contributed by atoms with Gasteiger partial charge in [-0.3, -0.25) is 28.5 Å². The fraction of sp³-hybridized carbons (Fsp3) is 0.278. The largest absolute Gasteiger partial charge is 0.497 e. The number of ether oxygens (including phenoxy) is 2. The number of benzene rings is 6. The average Bonchev–Trinajstić information content (AvgIpc) is 1.47. The third kappa shape index (κ3) is 17.8. The Kier molecular flexibility index (Phi) is 23.8. The van der Waals surface area contributed by atoms with Gasteiger partial charge in [0.2, 0.25) is 11.8 Å². The number of sulfonamides is 3. The monoisotopic (exact) mass is 1600 g/mol. The van der Waals surface area contributed by atoms with Crippen LogP contribution in [0, 0.1) is 5.82 Å². The van der Waals surface area contributed by atoms with Crippen LogP contribution in [0.5, 0.6) is 11.5 Å². The van der Waals surface area contributed by atoms with E-state index in [1.807, 2.05) is 76.2 Å². The number of piperazine rings is 3. The second kappa shape index (κ2) is 33.1. The Morgan fingerprint density at radius 2 is 1.07 bits per heavy atom. The number of hydrogen-bond donors (Lipinski definition) is 3. The molecule has 3 fully saturated rings. The van der Waals surface area contributed by atoms with Crippen molar-refractivity contribution in [1.29, 1.82) is 0 Å². The molecule has 0 bridgehead atoms. The smallest absolute Gasteiger partial charge is 0.263 e. The summed E-state index contributed by atoms with van der Waals surface area (Å²) >= 11 is 15.9. The Balaban J connectivity index is 0.000000204. The number of thiazole rings is 3. The van der Waals surface area contributed by atoms with Crippen LogP contribution in [0.2, 0.25) is 10.0 Å². The van der Waals surface area contributed by atoms with E-state index < -0.39 is 42.2 Å². The zero-order valence-corrected chi connectivity index (χ0v) is 64.4. The summed E-state index contributed by atoms with van der Waals surface area (Å²) in [6.07, 6.45) is 7.59. The van der Waals surface area contributed by atoms with Crippen LogP contribution in [0.15, 0.2) is 201 Å². The first-order valence-electron chi connectivity index (χ1n) is 33.5. The van der Waals surface area contributed by atoms with E-state index in [-0.39, 0.29) is 67.6 Å². The van der Waals surface area contributed by atoms with Gasteiger partial charge in [-0.05, 0) is 155 Å². The Morgan fingerprint density at radius 1 is 0.575 bits per heavy atom. The molecule has 34 heteroatoms. The van der Waals surface area contributed by atoms with Gasteiger partial charge in [0.05, 0.1) is 32.3 Å². The number of nitrogens with zero attached hydrogens (tertiary/aromatic N) is 11. The maximum atomic E-state index is 14.0. The van der Waals surface area contributed by atoms with E-state index in [2.05, 4.69) is 43.8 Å². The Labute approximate surface area is 641 Å². The van der Waals surface area contributed by atoms with Crippen molar-refractivity contribution in [3.05, 3.63) is 203 Å². The number of carbonyl (C=O) groups is 3. The minimum Gasteiger partial charge on any atom is -0.497 e.